The van der Waals surface area contributed by atoms with Gasteiger partial charge in [0.2, 0.25) is 0 Å². The van der Waals surface area contributed by atoms with Crippen molar-refractivity contribution in [2.45, 2.75) is 13.5 Å². The normalized spacial score (nSPS) is 10.4. The SMILES string of the molecule is C=CC[n+]1c(Nc2ccccc2)sc(C)c1-c1ccccc1. The minimum absolute atomic E-state index is 0.781. The fourth-order valence-electron chi connectivity index (χ4n) is 2.54. The lowest BCUT2D eigenvalue weighted by Crippen LogP contribution is -2.35. The monoisotopic (exact) mass is 307 g/mol. The average Bonchev–Trinajstić information content (AvgIpc) is 2.85. The van der Waals surface area contributed by atoms with Gasteiger partial charge in [-0.25, -0.2) is 9.88 Å². The number of rotatable bonds is 5. The number of aromatic nitrogens is 1. The smallest absolute Gasteiger partial charge is 0.231 e. The Kier molecular flexibility index (Phi) is 4.35. The van der Waals surface area contributed by atoms with Crippen LogP contribution in [0.1, 0.15) is 4.88 Å². The minimum Gasteiger partial charge on any atom is -0.231 e. The second kappa shape index (κ2) is 6.58. The molecule has 0 unspecified atom stereocenters. The Morgan fingerprint density at radius 1 is 1.05 bits per heavy atom. The van der Waals surface area contributed by atoms with Gasteiger partial charge >= 0.3 is 5.13 Å². The molecule has 110 valence electrons. The highest BCUT2D eigenvalue weighted by atomic mass is 32.1. The van der Waals surface area contributed by atoms with Gasteiger partial charge in [0.25, 0.3) is 0 Å². The fourth-order valence-corrected chi connectivity index (χ4v) is 3.60. The molecule has 0 aliphatic heterocycles. The number of hydrogen-bond donors (Lipinski definition) is 1. The summed E-state index contributed by atoms with van der Waals surface area (Å²) >= 11 is 1.77. The van der Waals surface area contributed by atoms with Crippen LogP contribution in [-0.4, -0.2) is 0 Å². The number of nitrogens with one attached hydrogen (secondary N) is 1. The van der Waals surface area contributed by atoms with Crippen LogP contribution in [0.25, 0.3) is 11.3 Å². The van der Waals surface area contributed by atoms with Crippen molar-refractivity contribution in [3.05, 3.63) is 78.2 Å². The van der Waals surface area contributed by atoms with Crippen LogP contribution in [-0.2, 0) is 6.54 Å². The molecule has 0 bridgehead atoms. The highest BCUT2D eigenvalue weighted by Crippen LogP contribution is 2.30. The number of para-hydroxylation sites is 1. The summed E-state index contributed by atoms with van der Waals surface area (Å²) in [5.74, 6) is 0. The van der Waals surface area contributed by atoms with Crippen LogP contribution < -0.4 is 9.88 Å². The van der Waals surface area contributed by atoms with E-state index < -0.39 is 0 Å². The molecule has 0 atom stereocenters. The van der Waals surface area contributed by atoms with Gasteiger partial charge in [0.05, 0.1) is 4.88 Å². The van der Waals surface area contributed by atoms with E-state index in [1.807, 2.05) is 30.3 Å². The van der Waals surface area contributed by atoms with Crippen LogP contribution in [0.2, 0.25) is 0 Å². The predicted molar refractivity (Wildman–Crippen MR) is 94.6 cm³/mol. The van der Waals surface area contributed by atoms with Crippen molar-refractivity contribution in [1.82, 2.24) is 0 Å². The topological polar surface area (TPSA) is 15.9 Å². The molecule has 3 aromatic rings. The van der Waals surface area contributed by atoms with E-state index in [4.69, 9.17) is 0 Å². The van der Waals surface area contributed by atoms with Crippen LogP contribution in [0.5, 0.6) is 0 Å². The molecule has 3 heteroatoms. The maximum Gasteiger partial charge on any atom is 0.339 e. The molecule has 2 nitrogen and oxygen atoms in total. The van der Waals surface area contributed by atoms with Gasteiger partial charge in [-0.3, -0.25) is 0 Å². The summed E-state index contributed by atoms with van der Waals surface area (Å²) in [5, 5.41) is 4.65. The molecule has 1 heterocycles. The summed E-state index contributed by atoms with van der Waals surface area (Å²) in [6.45, 7) is 6.86. The summed E-state index contributed by atoms with van der Waals surface area (Å²) in [5.41, 5.74) is 3.59. The summed E-state index contributed by atoms with van der Waals surface area (Å²) in [6.07, 6.45) is 1.94. The zero-order valence-corrected chi connectivity index (χ0v) is 13.4. The Morgan fingerprint density at radius 3 is 2.32 bits per heavy atom. The molecule has 0 saturated carbocycles. The first-order chi connectivity index (χ1) is 10.8. The molecule has 0 aliphatic rings. The first-order valence-corrected chi connectivity index (χ1v) is 8.13. The van der Waals surface area contributed by atoms with E-state index >= 15 is 0 Å². The number of nitrogens with zero attached hydrogens (tertiary/aromatic N) is 1. The molecule has 0 spiro atoms. The molecular formula is C19H19N2S+. The van der Waals surface area contributed by atoms with Crippen LogP contribution in [0, 0.1) is 6.92 Å². The van der Waals surface area contributed by atoms with Gasteiger partial charge in [0, 0.05) is 5.56 Å². The molecule has 0 fully saturated rings. The first kappa shape index (κ1) is 14.5. The third kappa shape index (κ3) is 2.95. The third-order valence-electron chi connectivity index (χ3n) is 3.48. The van der Waals surface area contributed by atoms with Crippen molar-refractivity contribution in [2.24, 2.45) is 0 Å². The Bertz CT molecular complexity index is 761. The van der Waals surface area contributed by atoms with E-state index in [1.54, 1.807) is 11.3 Å². The molecule has 0 aliphatic carbocycles. The van der Waals surface area contributed by atoms with Crippen LogP contribution in [0.3, 0.4) is 0 Å². The number of allylic oxidation sites excluding steroid dienone is 1. The molecular weight excluding hydrogens is 288 g/mol. The Hall–Kier alpha value is -2.39. The zero-order valence-electron chi connectivity index (χ0n) is 12.6. The Balaban J connectivity index is 2.06. The molecule has 0 amide bonds. The van der Waals surface area contributed by atoms with Gasteiger partial charge in [0.1, 0.15) is 17.9 Å². The lowest BCUT2D eigenvalue weighted by atomic mass is 10.1. The maximum absolute atomic E-state index is 3.90. The van der Waals surface area contributed by atoms with E-state index in [0.717, 1.165) is 17.4 Å². The largest absolute Gasteiger partial charge is 0.339 e. The molecule has 0 saturated heterocycles. The van der Waals surface area contributed by atoms with E-state index in [1.165, 1.54) is 16.1 Å². The van der Waals surface area contributed by atoms with E-state index in [2.05, 4.69) is 59.8 Å². The summed E-state index contributed by atoms with van der Waals surface area (Å²) in [6, 6.07) is 20.8. The summed E-state index contributed by atoms with van der Waals surface area (Å²) in [7, 11) is 0. The Morgan fingerprint density at radius 2 is 1.68 bits per heavy atom. The number of hydrogen-bond acceptors (Lipinski definition) is 2. The van der Waals surface area contributed by atoms with E-state index in [-0.39, 0.29) is 0 Å². The van der Waals surface area contributed by atoms with Crippen LogP contribution >= 0.6 is 11.3 Å². The quantitative estimate of drug-likeness (QED) is 0.521. The number of thiazole rings is 1. The molecule has 3 rings (SSSR count). The van der Waals surface area contributed by atoms with Gasteiger partial charge in [-0.2, -0.15) is 0 Å². The number of anilines is 2. The van der Waals surface area contributed by atoms with Crippen molar-refractivity contribution >= 4 is 22.2 Å². The summed E-state index contributed by atoms with van der Waals surface area (Å²) < 4.78 is 2.29. The zero-order chi connectivity index (χ0) is 15.4. The number of aryl methyl sites for hydroxylation is 1. The maximum atomic E-state index is 3.90. The molecule has 1 N–H and O–H groups in total. The van der Waals surface area contributed by atoms with E-state index in [0.29, 0.717) is 0 Å². The molecule has 1 aromatic heterocycles. The second-order valence-corrected chi connectivity index (χ2v) is 6.27. The average molecular weight is 307 g/mol. The minimum atomic E-state index is 0.781. The first-order valence-electron chi connectivity index (χ1n) is 7.31. The number of benzene rings is 2. The lowest BCUT2D eigenvalue weighted by Gasteiger charge is -2.04. The Labute approximate surface area is 135 Å². The fraction of sp³-hybridized carbons (Fsp3) is 0.105. The highest BCUT2D eigenvalue weighted by Gasteiger charge is 2.22. The van der Waals surface area contributed by atoms with Gasteiger partial charge in [0.15, 0.2) is 0 Å². The van der Waals surface area contributed by atoms with Gasteiger partial charge in [-0.05, 0) is 19.1 Å². The van der Waals surface area contributed by atoms with Crippen molar-refractivity contribution in [3.63, 3.8) is 0 Å². The van der Waals surface area contributed by atoms with Crippen molar-refractivity contribution in [1.29, 1.82) is 0 Å². The lowest BCUT2D eigenvalue weighted by molar-refractivity contribution is -0.657. The predicted octanol–water partition coefficient (Wildman–Crippen LogP) is 4.94. The van der Waals surface area contributed by atoms with Crippen molar-refractivity contribution in [2.75, 3.05) is 5.32 Å². The van der Waals surface area contributed by atoms with Crippen molar-refractivity contribution in [3.8, 4) is 11.3 Å². The second-order valence-electron chi connectivity index (χ2n) is 5.07. The van der Waals surface area contributed by atoms with Crippen LogP contribution in [0.4, 0.5) is 10.8 Å². The molecule has 2 aromatic carbocycles. The standard InChI is InChI=1S/C19H18N2S/c1-3-14-21-18(16-10-6-4-7-11-16)15(2)22-19(21)20-17-12-8-5-9-13-17/h3-13H,1,14H2,2H3/p+1. The van der Waals surface area contributed by atoms with Crippen LogP contribution in [0.15, 0.2) is 73.3 Å². The van der Waals surface area contributed by atoms with Gasteiger partial charge < -0.3 is 0 Å². The summed E-state index contributed by atoms with van der Waals surface area (Å²) in [4.78, 5) is 1.30. The molecule has 0 radical (unpaired) electrons. The molecule has 22 heavy (non-hydrogen) atoms. The van der Waals surface area contributed by atoms with E-state index in [9.17, 15) is 0 Å². The van der Waals surface area contributed by atoms with Gasteiger partial charge in [-0.15, -0.1) is 0 Å². The third-order valence-corrected chi connectivity index (χ3v) is 4.50. The highest BCUT2D eigenvalue weighted by molar-refractivity contribution is 7.15. The van der Waals surface area contributed by atoms with Crippen molar-refractivity contribution < 1.29 is 4.57 Å². The van der Waals surface area contributed by atoms with Gasteiger partial charge in [-0.1, -0.05) is 72.5 Å².